The summed E-state index contributed by atoms with van der Waals surface area (Å²) >= 11 is 15.3. The fourth-order valence-corrected chi connectivity index (χ4v) is 1.54. The summed E-state index contributed by atoms with van der Waals surface area (Å²) in [5, 5.41) is 0.764. The van der Waals surface area contributed by atoms with Crippen LogP contribution in [-0.4, -0.2) is 5.12 Å². The van der Waals surface area contributed by atoms with Gasteiger partial charge >= 0.3 is 0 Å². The normalized spacial score (nSPS) is 9.92. The average molecular weight is 221 g/mol. The monoisotopic (exact) mass is 220 g/mol. The maximum Gasteiger partial charge on any atom is 0.190 e. The van der Waals surface area contributed by atoms with E-state index in [2.05, 4.69) is 12.6 Å². The van der Waals surface area contributed by atoms with Gasteiger partial charge in [-0.1, -0.05) is 29.3 Å². The second kappa shape index (κ2) is 4.17. The number of rotatable bonds is 2. The van der Waals surface area contributed by atoms with E-state index >= 15 is 0 Å². The molecule has 4 heteroatoms. The molecule has 0 aliphatic rings. The summed E-state index contributed by atoms with van der Waals surface area (Å²) < 4.78 is 0. The van der Waals surface area contributed by atoms with Crippen molar-refractivity contribution in [2.75, 3.05) is 0 Å². The molecule has 0 saturated carbocycles. The van der Waals surface area contributed by atoms with Crippen molar-refractivity contribution >= 4 is 40.9 Å². The highest BCUT2D eigenvalue weighted by Crippen LogP contribution is 2.24. The minimum Gasteiger partial charge on any atom is -0.287 e. The fourth-order valence-electron chi connectivity index (χ4n) is 0.852. The molecule has 1 aromatic carbocycles. The van der Waals surface area contributed by atoms with Crippen molar-refractivity contribution < 1.29 is 4.79 Å². The molecule has 0 fully saturated rings. The van der Waals surface area contributed by atoms with Crippen LogP contribution in [0.15, 0.2) is 18.2 Å². The molecule has 0 bridgehead atoms. The van der Waals surface area contributed by atoms with Crippen molar-refractivity contribution in [2.24, 2.45) is 0 Å². The van der Waals surface area contributed by atoms with Gasteiger partial charge < -0.3 is 0 Å². The Balaban J connectivity index is 3.04. The molecule has 0 aromatic heterocycles. The molecule has 0 heterocycles. The van der Waals surface area contributed by atoms with Crippen LogP contribution in [0.4, 0.5) is 0 Å². The largest absolute Gasteiger partial charge is 0.287 e. The number of thiol groups is 1. The SMILES string of the molecule is O=C(S)Cc1c(Cl)cccc1Cl. The average Bonchev–Trinajstić information content (AvgIpc) is 1.97. The van der Waals surface area contributed by atoms with E-state index in [0.29, 0.717) is 15.6 Å². The molecule has 1 aromatic rings. The second-order valence-corrected chi connectivity index (χ2v) is 3.58. The highest BCUT2D eigenvalue weighted by Gasteiger charge is 2.07. The van der Waals surface area contributed by atoms with Gasteiger partial charge in [-0.05, 0) is 17.7 Å². The Morgan fingerprint density at radius 3 is 2.25 bits per heavy atom. The van der Waals surface area contributed by atoms with E-state index in [4.69, 9.17) is 23.2 Å². The third kappa shape index (κ3) is 2.41. The number of carbonyl (C=O) groups excluding carboxylic acids is 1. The summed E-state index contributed by atoms with van der Waals surface area (Å²) in [7, 11) is 0. The third-order valence-corrected chi connectivity index (χ3v) is 2.26. The molecule has 1 rings (SSSR count). The van der Waals surface area contributed by atoms with E-state index in [1.165, 1.54) is 0 Å². The van der Waals surface area contributed by atoms with Crippen molar-refractivity contribution in [2.45, 2.75) is 6.42 Å². The zero-order chi connectivity index (χ0) is 9.14. The van der Waals surface area contributed by atoms with E-state index in [1.54, 1.807) is 18.2 Å². The maximum absolute atomic E-state index is 10.7. The number of benzene rings is 1. The molecule has 0 N–H and O–H groups in total. The highest BCUT2D eigenvalue weighted by molar-refractivity contribution is 7.96. The number of halogens is 2. The Labute approximate surface area is 86.1 Å². The van der Waals surface area contributed by atoms with Crippen LogP contribution in [0.2, 0.25) is 10.0 Å². The topological polar surface area (TPSA) is 17.1 Å². The van der Waals surface area contributed by atoms with Crippen LogP contribution in [0, 0.1) is 0 Å². The van der Waals surface area contributed by atoms with Crippen molar-refractivity contribution in [3.8, 4) is 0 Å². The van der Waals surface area contributed by atoms with Crippen LogP contribution in [0.1, 0.15) is 5.56 Å². The number of hydrogen-bond acceptors (Lipinski definition) is 1. The molecular weight excluding hydrogens is 215 g/mol. The zero-order valence-corrected chi connectivity index (χ0v) is 8.46. The van der Waals surface area contributed by atoms with E-state index in [-0.39, 0.29) is 11.5 Å². The summed E-state index contributed by atoms with van der Waals surface area (Å²) in [4.78, 5) is 10.7. The van der Waals surface area contributed by atoms with Crippen LogP contribution in [0.5, 0.6) is 0 Å². The lowest BCUT2D eigenvalue weighted by atomic mass is 10.2. The lowest BCUT2D eigenvalue weighted by Crippen LogP contribution is -1.95. The van der Waals surface area contributed by atoms with Crippen molar-refractivity contribution in [3.63, 3.8) is 0 Å². The number of hydrogen-bond donors (Lipinski definition) is 1. The molecule has 0 aliphatic heterocycles. The van der Waals surface area contributed by atoms with Crippen LogP contribution in [0.3, 0.4) is 0 Å². The Morgan fingerprint density at radius 2 is 1.83 bits per heavy atom. The predicted molar refractivity (Wildman–Crippen MR) is 54.2 cm³/mol. The summed E-state index contributed by atoms with van der Waals surface area (Å²) in [6.45, 7) is 0. The van der Waals surface area contributed by atoms with Gasteiger partial charge in [0.25, 0.3) is 0 Å². The minimum atomic E-state index is -0.245. The van der Waals surface area contributed by atoms with Crippen LogP contribution >= 0.6 is 35.8 Å². The summed E-state index contributed by atoms with van der Waals surface area (Å²) in [5.74, 6) is 0. The van der Waals surface area contributed by atoms with Crippen molar-refractivity contribution in [1.82, 2.24) is 0 Å². The predicted octanol–water partition coefficient (Wildman–Crippen LogP) is 2.99. The van der Waals surface area contributed by atoms with Gasteiger partial charge in [-0.25, -0.2) is 0 Å². The summed E-state index contributed by atoms with van der Waals surface area (Å²) in [6.07, 6.45) is 0.168. The molecule has 64 valence electrons. The van der Waals surface area contributed by atoms with Crippen LogP contribution in [-0.2, 0) is 11.2 Å². The molecule has 0 unspecified atom stereocenters. The van der Waals surface area contributed by atoms with Gasteiger partial charge in [0.2, 0.25) is 0 Å². The first-order chi connectivity index (χ1) is 5.61. The quantitative estimate of drug-likeness (QED) is 0.759. The molecule has 0 amide bonds. The first-order valence-electron chi connectivity index (χ1n) is 3.26. The lowest BCUT2D eigenvalue weighted by molar-refractivity contribution is -0.110. The van der Waals surface area contributed by atoms with Gasteiger partial charge in [-0.2, -0.15) is 0 Å². The molecule has 12 heavy (non-hydrogen) atoms. The van der Waals surface area contributed by atoms with Gasteiger partial charge in [0.1, 0.15) is 0 Å². The van der Waals surface area contributed by atoms with Gasteiger partial charge in [0.05, 0.1) is 0 Å². The van der Waals surface area contributed by atoms with E-state index in [9.17, 15) is 4.79 Å². The Hall–Kier alpha value is -0.180. The van der Waals surface area contributed by atoms with Crippen molar-refractivity contribution in [3.05, 3.63) is 33.8 Å². The number of carbonyl (C=O) groups is 1. The first kappa shape index (κ1) is 9.90. The Morgan fingerprint density at radius 1 is 1.33 bits per heavy atom. The molecule has 0 spiro atoms. The highest BCUT2D eigenvalue weighted by atomic mass is 35.5. The van der Waals surface area contributed by atoms with E-state index < -0.39 is 0 Å². The van der Waals surface area contributed by atoms with Crippen LogP contribution in [0.25, 0.3) is 0 Å². The van der Waals surface area contributed by atoms with Gasteiger partial charge in [-0.15, -0.1) is 12.6 Å². The third-order valence-electron chi connectivity index (χ3n) is 1.39. The fraction of sp³-hybridized carbons (Fsp3) is 0.125. The van der Waals surface area contributed by atoms with Crippen LogP contribution < -0.4 is 0 Å². The van der Waals surface area contributed by atoms with E-state index in [0.717, 1.165) is 0 Å². The Kier molecular flexibility index (Phi) is 3.44. The molecule has 0 aliphatic carbocycles. The van der Waals surface area contributed by atoms with E-state index in [1.807, 2.05) is 0 Å². The Bertz CT molecular complexity index is 292. The first-order valence-corrected chi connectivity index (χ1v) is 4.46. The minimum absolute atomic E-state index is 0.168. The summed E-state index contributed by atoms with van der Waals surface area (Å²) in [6, 6.07) is 5.12. The summed E-state index contributed by atoms with van der Waals surface area (Å²) in [5.41, 5.74) is 0.640. The standard InChI is InChI=1S/C8H6Cl2OS/c9-6-2-1-3-7(10)5(6)4-8(11)12/h1-3H,4H2,(H,11,12). The molecule has 0 atom stereocenters. The zero-order valence-electron chi connectivity index (χ0n) is 6.05. The molecule has 1 nitrogen and oxygen atoms in total. The van der Waals surface area contributed by atoms with Gasteiger partial charge in [-0.3, -0.25) is 4.79 Å². The lowest BCUT2D eigenvalue weighted by Gasteiger charge is -2.02. The molecular formula is C8H6Cl2OS. The smallest absolute Gasteiger partial charge is 0.190 e. The molecule has 0 radical (unpaired) electrons. The van der Waals surface area contributed by atoms with Gasteiger partial charge in [0.15, 0.2) is 5.12 Å². The van der Waals surface area contributed by atoms with Gasteiger partial charge in [0, 0.05) is 16.5 Å². The molecule has 0 saturated heterocycles. The van der Waals surface area contributed by atoms with Crippen molar-refractivity contribution in [1.29, 1.82) is 0 Å². The maximum atomic E-state index is 10.7. The second-order valence-electron chi connectivity index (χ2n) is 2.27.